The molecule has 28 heavy (non-hydrogen) atoms. The third-order valence-corrected chi connectivity index (χ3v) is 3.81. The molecule has 0 fully saturated rings. The molecule has 1 heterocycles. The van der Waals surface area contributed by atoms with Crippen LogP contribution < -0.4 is 15.4 Å². The number of anilines is 2. The Labute approximate surface area is 161 Å². The number of nitriles is 1. The largest absolute Gasteiger partial charge is 0.497 e. The molecule has 2 N–H and O–H groups in total. The van der Waals surface area contributed by atoms with E-state index in [-0.39, 0.29) is 11.4 Å². The summed E-state index contributed by atoms with van der Waals surface area (Å²) in [7, 11) is 1.56. The number of methoxy groups -OCH3 is 1. The number of nitrogens with zero attached hydrogens (tertiary/aromatic N) is 2. The van der Waals surface area contributed by atoms with E-state index in [4.69, 9.17) is 10.00 Å². The number of aromatic nitrogens is 1. The van der Waals surface area contributed by atoms with Gasteiger partial charge < -0.3 is 15.4 Å². The van der Waals surface area contributed by atoms with Gasteiger partial charge in [0.15, 0.2) is 0 Å². The average Bonchev–Trinajstić information content (AvgIpc) is 2.74. The van der Waals surface area contributed by atoms with Crippen molar-refractivity contribution >= 4 is 23.2 Å². The van der Waals surface area contributed by atoms with Gasteiger partial charge in [0.05, 0.1) is 18.7 Å². The van der Waals surface area contributed by atoms with Crippen molar-refractivity contribution in [3.63, 3.8) is 0 Å². The van der Waals surface area contributed by atoms with Crippen LogP contribution in [0.25, 0.3) is 0 Å². The SMILES string of the molecule is COc1ccc(NC(=O)c2cccc(C(=O)Nc3cccc(C#N)c3)n2)cc1. The molecule has 0 aliphatic carbocycles. The fourth-order valence-corrected chi connectivity index (χ4v) is 2.42. The second-order valence-electron chi connectivity index (χ2n) is 5.74. The number of pyridine rings is 1. The Morgan fingerprint density at radius 1 is 0.893 bits per heavy atom. The molecule has 2 amide bonds. The Morgan fingerprint density at radius 2 is 1.50 bits per heavy atom. The number of carbonyl (C=O) groups excluding carboxylic acids is 2. The summed E-state index contributed by atoms with van der Waals surface area (Å²) in [6, 6.07) is 20.0. The number of rotatable bonds is 5. The molecule has 0 saturated carbocycles. The number of nitrogens with one attached hydrogen (secondary N) is 2. The average molecular weight is 372 g/mol. The van der Waals surface area contributed by atoms with E-state index < -0.39 is 11.8 Å². The third-order valence-electron chi connectivity index (χ3n) is 3.81. The highest BCUT2D eigenvalue weighted by Crippen LogP contribution is 2.16. The van der Waals surface area contributed by atoms with Crippen LogP contribution in [0.5, 0.6) is 5.75 Å². The molecule has 7 nitrogen and oxygen atoms in total. The van der Waals surface area contributed by atoms with Gasteiger partial charge >= 0.3 is 0 Å². The van der Waals surface area contributed by atoms with Crippen LogP contribution in [-0.2, 0) is 0 Å². The molecule has 0 aliphatic heterocycles. The van der Waals surface area contributed by atoms with Crippen molar-refractivity contribution < 1.29 is 14.3 Å². The van der Waals surface area contributed by atoms with Gasteiger partial charge in [0.2, 0.25) is 0 Å². The topological polar surface area (TPSA) is 104 Å². The Morgan fingerprint density at radius 3 is 2.11 bits per heavy atom. The van der Waals surface area contributed by atoms with E-state index in [0.29, 0.717) is 22.7 Å². The van der Waals surface area contributed by atoms with Gasteiger partial charge in [0.1, 0.15) is 17.1 Å². The Hall–Kier alpha value is -4.18. The number of carbonyl (C=O) groups is 2. The van der Waals surface area contributed by atoms with E-state index >= 15 is 0 Å². The molecule has 0 bridgehead atoms. The minimum atomic E-state index is -0.478. The summed E-state index contributed by atoms with van der Waals surface area (Å²) in [6.45, 7) is 0. The molecule has 0 unspecified atom stereocenters. The Bertz CT molecular complexity index is 1060. The normalized spacial score (nSPS) is 9.86. The Balaban J connectivity index is 1.72. The van der Waals surface area contributed by atoms with E-state index in [2.05, 4.69) is 15.6 Å². The van der Waals surface area contributed by atoms with Crippen LogP contribution in [0.1, 0.15) is 26.5 Å². The van der Waals surface area contributed by atoms with Gasteiger partial charge in [0, 0.05) is 11.4 Å². The summed E-state index contributed by atoms with van der Waals surface area (Å²) >= 11 is 0. The lowest BCUT2D eigenvalue weighted by molar-refractivity contribution is 0.101. The minimum absolute atomic E-state index is 0.0877. The molecule has 138 valence electrons. The zero-order valence-electron chi connectivity index (χ0n) is 15.0. The summed E-state index contributed by atoms with van der Waals surface area (Å²) < 4.78 is 5.08. The van der Waals surface area contributed by atoms with E-state index in [1.54, 1.807) is 61.7 Å². The van der Waals surface area contributed by atoms with Crippen molar-refractivity contribution in [3.8, 4) is 11.8 Å². The smallest absolute Gasteiger partial charge is 0.274 e. The predicted molar refractivity (Wildman–Crippen MR) is 104 cm³/mol. The molecule has 0 atom stereocenters. The molecular formula is C21H16N4O3. The van der Waals surface area contributed by atoms with Crippen LogP contribution in [0, 0.1) is 11.3 Å². The molecule has 2 aromatic carbocycles. The molecule has 3 rings (SSSR count). The van der Waals surface area contributed by atoms with Crippen molar-refractivity contribution in [2.24, 2.45) is 0 Å². The van der Waals surface area contributed by atoms with Crippen LogP contribution in [0.4, 0.5) is 11.4 Å². The van der Waals surface area contributed by atoms with Crippen LogP contribution >= 0.6 is 0 Å². The number of amides is 2. The quantitative estimate of drug-likeness (QED) is 0.714. The fraction of sp³-hybridized carbons (Fsp3) is 0.0476. The molecular weight excluding hydrogens is 356 g/mol. The van der Waals surface area contributed by atoms with Gasteiger partial charge in [-0.25, -0.2) is 4.98 Å². The summed E-state index contributed by atoms with van der Waals surface area (Å²) in [5.74, 6) is -0.240. The zero-order valence-corrected chi connectivity index (χ0v) is 15.0. The van der Waals surface area contributed by atoms with Crippen molar-refractivity contribution in [2.45, 2.75) is 0 Å². The first-order valence-electron chi connectivity index (χ1n) is 8.33. The number of benzene rings is 2. The van der Waals surface area contributed by atoms with E-state index in [1.165, 1.54) is 12.1 Å². The lowest BCUT2D eigenvalue weighted by Crippen LogP contribution is -2.18. The van der Waals surface area contributed by atoms with Gasteiger partial charge in [-0.1, -0.05) is 12.1 Å². The summed E-state index contributed by atoms with van der Waals surface area (Å²) in [5, 5.41) is 14.3. The molecule has 3 aromatic rings. The standard InChI is InChI=1S/C21H16N4O3/c1-28-17-10-8-15(9-11-17)23-20(26)18-6-3-7-19(25-18)21(27)24-16-5-2-4-14(12-16)13-22/h2-12H,1H3,(H,23,26)(H,24,27). The van der Waals surface area contributed by atoms with Crippen molar-refractivity contribution in [3.05, 3.63) is 83.7 Å². The molecule has 0 saturated heterocycles. The molecule has 1 aromatic heterocycles. The molecule has 7 heteroatoms. The first-order chi connectivity index (χ1) is 13.6. The third kappa shape index (κ3) is 4.51. The second-order valence-corrected chi connectivity index (χ2v) is 5.74. The lowest BCUT2D eigenvalue weighted by atomic mass is 10.2. The highest BCUT2D eigenvalue weighted by atomic mass is 16.5. The molecule has 0 aliphatic rings. The summed E-state index contributed by atoms with van der Waals surface area (Å²) in [6.07, 6.45) is 0. The summed E-state index contributed by atoms with van der Waals surface area (Å²) in [5.41, 5.74) is 1.67. The maximum atomic E-state index is 12.4. The zero-order chi connectivity index (χ0) is 19.9. The van der Waals surface area contributed by atoms with Gasteiger partial charge in [-0.3, -0.25) is 9.59 Å². The van der Waals surface area contributed by atoms with E-state index in [1.807, 2.05) is 6.07 Å². The first-order valence-corrected chi connectivity index (χ1v) is 8.33. The van der Waals surface area contributed by atoms with Crippen molar-refractivity contribution in [1.29, 1.82) is 5.26 Å². The predicted octanol–water partition coefficient (Wildman–Crippen LogP) is 3.47. The highest BCUT2D eigenvalue weighted by molar-refractivity contribution is 6.06. The van der Waals surface area contributed by atoms with Gasteiger partial charge in [0.25, 0.3) is 11.8 Å². The van der Waals surface area contributed by atoms with Crippen LogP contribution in [-0.4, -0.2) is 23.9 Å². The fourth-order valence-electron chi connectivity index (χ4n) is 2.42. The van der Waals surface area contributed by atoms with Crippen LogP contribution in [0.15, 0.2) is 66.7 Å². The number of ether oxygens (including phenoxy) is 1. The highest BCUT2D eigenvalue weighted by Gasteiger charge is 2.13. The maximum Gasteiger partial charge on any atom is 0.274 e. The lowest BCUT2D eigenvalue weighted by Gasteiger charge is -2.08. The van der Waals surface area contributed by atoms with Gasteiger partial charge in [-0.05, 0) is 54.6 Å². The second kappa shape index (κ2) is 8.47. The van der Waals surface area contributed by atoms with Crippen LogP contribution in [0.2, 0.25) is 0 Å². The summed E-state index contributed by atoms with van der Waals surface area (Å²) in [4.78, 5) is 29.0. The molecule has 0 radical (unpaired) electrons. The number of hydrogen-bond acceptors (Lipinski definition) is 5. The van der Waals surface area contributed by atoms with Gasteiger partial charge in [-0.2, -0.15) is 5.26 Å². The minimum Gasteiger partial charge on any atom is -0.497 e. The Kier molecular flexibility index (Phi) is 5.63. The molecule has 0 spiro atoms. The first kappa shape index (κ1) is 18.6. The van der Waals surface area contributed by atoms with Gasteiger partial charge in [-0.15, -0.1) is 0 Å². The van der Waals surface area contributed by atoms with E-state index in [9.17, 15) is 9.59 Å². The van der Waals surface area contributed by atoms with Crippen molar-refractivity contribution in [2.75, 3.05) is 17.7 Å². The van der Waals surface area contributed by atoms with Crippen molar-refractivity contribution in [1.82, 2.24) is 4.98 Å². The van der Waals surface area contributed by atoms with E-state index in [0.717, 1.165) is 0 Å². The van der Waals surface area contributed by atoms with Crippen LogP contribution in [0.3, 0.4) is 0 Å². The monoisotopic (exact) mass is 372 g/mol. The maximum absolute atomic E-state index is 12.4. The number of hydrogen-bond donors (Lipinski definition) is 2.